The predicted octanol–water partition coefficient (Wildman–Crippen LogP) is 5.12. The van der Waals surface area contributed by atoms with E-state index in [1.807, 2.05) is 51.1 Å². The molecule has 2 aromatic rings. The molecule has 3 rings (SSSR count). The van der Waals surface area contributed by atoms with Gasteiger partial charge in [0.15, 0.2) is 5.78 Å². The normalized spacial score (nSPS) is 16.8. The molecule has 0 spiro atoms. The fourth-order valence-electron chi connectivity index (χ4n) is 3.25. The third kappa shape index (κ3) is 3.36. The maximum Gasteiger partial charge on any atom is 0.414 e. The molecule has 4 nitrogen and oxygen atoms in total. The summed E-state index contributed by atoms with van der Waals surface area (Å²) in [5.41, 5.74) is 2.01. The molecule has 5 heteroatoms. The van der Waals surface area contributed by atoms with Gasteiger partial charge in [-0.1, -0.05) is 18.2 Å². The second-order valence-corrected chi connectivity index (χ2v) is 7.74. The van der Waals surface area contributed by atoms with E-state index in [2.05, 4.69) is 0 Å². The minimum atomic E-state index is -0.552. The minimum absolute atomic E-state index is 0.0340. The standard InChI is InChI=1S/C20H22ClNO3/c1-12(23)13-5-7-16-14(9-13)6-8-17-18(16)15(10-21)11-22(17)19(24)25-20(2,3)4/h5-9,15H,10-11H2,1-4H3. The molecule has 0 aromatic heterocycles. The highest BCUT2D eigenvalue weighted by Crippen LogP contribution is 2.42. The van der Waals surface area contributed by atoms with Gasteiger partial charge in [-0.3, -0.25) is 9.69 Å². The molecule has 1 aliphatic rings. The molecule has 1 heterocycles. The van der Waals surface area contributed by atoms with Crippen molar-refractivity contribution in [2.75, 3.05) is 17.3 Å². The molecule has 0 fully saturated rings. The molecule has 2 aromatic carbocycles. The molecule has 25 heavy (non-hydrogen) atoms. The van der Waals surface area contributed by atoms with E-state index >= 15 is 0 Å². The van der Waals surface area contributed by atoms with Crippen LogP contribution in [0.1, 0.15) is 49.5 Å². The van der Waals surface area contributed by atoms with E-state index in [-0.39, 0.29) is 17.8 Å². The van der Waals surface area contributed by atoms with E-state index < -0.39 is 5.60 Å². The molecular formula is C20H22ClNO3. The van der Waals surface area contributed by atoms with Gasteiger partial charge in [-0.15, -0.1) is 11.6 Å². The number of ether oxygens (including phenoxy) is 1. The number of Topliss-reactive ketones (excluding diaryl/α,β-unsaturated/α-hetero) is 1. The monoisotopic (exact) mass is 359 g/mol. The summed E-state index contributed by atoms with van der Waals surface area (Å²) < 4.78 is 5.53. The number of amides is 1. The van der Waals surface area contributed by atoms with Crippen molar-refractivity contribution in [3.05, 3.63) is 41.5 Å². The Kier molecular flexibility index (Phi) is 4.50. The summed E-state index contributed by atoms with van der Waals surface area (Å²) >= 11 is 6.19. The number of rotatable bonds is 2. The van der Waals surface area contributed by atoms with Gasteiger partial charge in [0, 0.05) is 23.9 Å². The Bertz CT molecular complexity index is 854. The average molecular weight is 360 g/mol. The first-order valence-electron chi connectivity index (χ1n) is 8.35. The van der Waals surface area contributed by atoms with Gasteiger partial charge in [-0.25, -0.2) is 4.79 Å². The third-order valence-corrected chi connectivity index (χ3v) is 4.72. The number of hydrogen-bond donors (Lipinski definition) is 0. The maximum atomic E-state index is 12.6. The van der Waals surface area contributed by atoms with E-state index in [0.29, 0.717) is 18.0 Å². The number of alkyl halides is 1. The largest absolute Gasteiger partial charge is 0.443 e. The first-order chi connectivity index (χ1) is 11.7. The van der Waals surface area contributed by atoms with Crippen LogP contribution < -0.4 is 4.90 Å². The van der Waals surface area contributed by atoms with Crippen molar-refractivity contribution in [3.63, 3.8) is 0 Å². The zero-order valence-electron chi connectivity index (χ0n) is 14.9. The summed E-state index contributed by atoms with van der Waals surface area (Å²) in [4.78, 5) is 25.9. The lowest BCUT2D eigenvalue weighted by Gasteiger charge is -2.25. The summed E-state index contributed by atoms with van der Waals surface area (Å²) in [6, 6.07) is 9.52. The van der Waals surface area contributed by atoms with E-state index in [4.69, 9.17) is 16.3 Å². The molecular weight excluding hydrogens is 338 g/mol. The van der Waals surface area contributed by atoms with Gasteiger partial charge in [0.05, 0.1) is 5.69 Å². The van der Waals surface area contributed by atoms with Gasteiger partial charge in [0.1, 0.15) is 5.60 Å². The van der Waals surface area contributed by atoms with Crippen molar-refractivity contribution in [3.8, 4) is 0 Å². The van der Waals surface area contributed by atoms with Crippen LogP contribution in [0.25, 0.3) is 10.8 Å². The van der Waals surface area contributed by atoms with Crippen LogP contribution in [-0.2, 0) is 4.74 Å². The number of benzene rings is 2. The highest BCUT2D eigenvalue weighted by Gasteiger charge is 2.35. The lowest BCUT2D eigenvalue weighted by atomic mass is 9.94. The van der Waals surface area contributed by atoms with Crippen LogP contribution in [-0.4, -0.2) is 29.9 Å². The van der Waals surface area contributed by atoms with Gasteiger partial charge in [-0.2, -0.15) is 0 Å². The number of hydrogen-bond acceptors (Lipinski definition) is 3. The first-order valence-corrected chi connectivity index (χ1v) is 8.89. The van der Waals surface area contributed by atoms with Crippen LogP contribution >= 0.6 is 11.6 Å². The zero-order valence-corrected chi connectivity index (χ0v) is 15.7. The fraction of sp³-hybridized carbons (Fsp3) is 0.400. The number of halogens is 1. The molecule has 1 amide bonds. The molecule has 1 atom stereocenters. The molecule has 1 unspecified atom stereocenters. The summed E-state index contributed by atoms with van der Waals surface area (Å²) in [6.07, 6.45) is -0.360. The Hall–Kier alpha value is -2.07. The molecule has 1 aliphatic heterocycles. The van der Waals surface area contributed by atoms with Crippen LogP contribution in [0.3, 0.4) is 0 Å². The van der Waals surface area contributed by atoms with Crippen molar-refractivity contribution < 1.29 is 14.3 Å². The fourth-order valence-corrected chi connectivity index (χ4v) is 3.50. The van der Waals surface area contributed by atoms with Gasteiger partial charge in [-0.05, 0) is 56.2 Å². The molecule has 0 aliphatic carbocycles. The Morgan fingerprint density at radius 3 is 2.56 bits per heavy atom. The molecule has 0 radical (unpaired) electrons. The van der Waals surface area contributed by atoms with Crippen LogP contribution in [0, 0.1) is 0 Å². The lowest BCUT2D eigenvalue weighted by molar-refractivity contribution is 0.0582. The van der Waals surface area contributed by atoms with Crippen molar-refractivity contribution in [1.29, 1.82) is 0 Å². The van der Waals surface area contributed by atoms with E-state index in [1.165, 1.54) is 0 Å². The zero-order chi connectivity index (χ0) is 18.4. The quantitative estimate of drug-likeness (QED) is 0.552. The van der Waals surface area contributed by atoms with Gasteiger partial charge in [0.2, 0.25) is 0 Å². The summed E-state index contributed by atoms with van der Waals surface area (Å²) in [5, 5.41) is 2.01. The van der Waals surface area contributed by atoms with Gasteiger partial charge in [0.25, 0.3) is 0 Å². The summed E-state index contributed by atoms with van der Waals surface area (Å²) in [7, 11) is 0. The number of ketones is 1. The van der Waals surface area contributed by atoms with Crippen molar-refractivity contribution in [1.82, 2.24) is 0 Å². The van der Waals surface area contributed by atoms with Gasteiger partial charge < -0.3 is 4.74 Å². The molecule has 0 N–H and O–H groups in total. The molecule has 0 saturated heterocycles. The topological polar surface area (TPSA) is 46.6 Å². The average Bonchev–Trinajstić information content (AvgIpc) is 2.91. The minimum Gasteiger partial charge on any atom is -0.443 e. The molecule has 132 valence electrons. The number of carbonyl (C=O) groups excluding carboxylic acids is 2. The first kappa shape index (κ1) is 17.7. The number of carbonyl (C=O) groups is 2. The van der Waals surface area contributed by atoms with Crippen molar-refractivity contribution in [2.24, 2.45) is 0 Å². The molecule has 0 saturated carbocycles. The van der Waals surface area contributed by atoms with Crippen LogP contribution in [0.2, 0.25) is 0 Å². The second-order valence-electron chi connectivity index (χ2n) is 7.43. The highest BCUT2D eigenvalue weighted by molar-refractivity contribution is 6.19. The van der Waals surface area contributed by atoms with Crippen LogP contribution in [0.5, 0.6) is 0 Å². The Labute approximate surface area is 152 Å². The smallest absolute Gasteiger partial charge is 0.414 e. The SMILES string of the molecule is CC(=O)c1ccc2c3c(ccc2c1)N(C(=O)OC(C)(C)C)CC3CCl. The number of anilines is 1. The number of nitrogens with zero attached hydrogens (tertiary/aromatic N) is 1. The van der Waals surface area contributed by atoms with E-state index in [9.17, 15) is 9.59 Å². The van der Waals surface area contributed by atoms with Crippen molar-refractivity contribution >= 4 is 39.9 Å². The number of fused-ring (bicyclic) bond motifs is 3. The second kappa shape index (κ2) is 6.34. The predicted molar refractivity (Wildman–Crippen MR) is 101 cm³/mol. The summed E-state index contributed by atoms with van der Waals surface area (Å²) in [5.74, 6) is 0.489. The summed E-state index contributed by atoms with van der Waals surface area (Å²) in [6.45, 7) is 7.61. The molecule has 0 bridgehead atoms. The third-order valence-electron chi connectivity index (χ3n) is 4.35. The van der Waals surface area contributed by atoms with Crippen LogP contribution in [0.4, 0.5) is 10.5 Å². The maximum absolute atomic E-state index is 12.6. The van der Waals surface area contributed by atoms with Crippen molar-refractivity contribution in [2.45, 2.75) is 39.2 Å². The Morgan fingerprint density at radius 2 is 1.96 bits per heavy atom. The van der Waals surface area contributed by atoms with Crippen LogP contribution in [0.15, 0.2) is 30.3 Å². The van der Waals surface area contributed by atoms with E-state index in [1.54, 1.807) is 11.8 Å². The van der Waals surface area contributed by atoms with Gasteiger partial charge >= 0.3 is 6.09 Å². The van der Waals surface area contributed by atoms with E-state index in [0.717, 1.165) is 22.0 Å². The lowest BCUT2D eigenvalue weighted by Crippen LogP contribution is -2.36. The Balaban J connectivity index is 2.09. The Morgan fingerprint density at radius 1 is 1.24 bits per heavy atom. The highest BCUT2D eigenvalue weighted by atomic mass is 35.5.